The van der Waals surface area contributed by atoms with E-state index in [1.165, 1.54) is 4.57 Å². The Labute approximate surface area is 203 Å². The van der Waals surface area contributed by atoms with Gasteiger partial charge in [-0.3, -0.25) is 13.9 Å². The van der Waals surface area contributed by atoms with Gasteiger partial charge < -0.3 is 9.80 Å². The topological polar surface area (TPSA) is 50.5 Å². The summed E-state index contributed by atoms with van der Waals surface area (Å²) in [6.45, 7) is 3.96. The van der Waals surface area contributed by atoms with Crippen LogP contribution in [0.25, 0.3) is 10.9 Å². The van der Waals surface area contributed by atoms with E-state index in [1.54, 1.807) is 10.6 Å². The van der Waals surface area contributed by atoms with Gasteiger partial charge in [-0.25, -0.2) is 4.79 Å². The van der Waals surface area contributed by atoms with Gasteiger partial charge in [0.05, 0.1) is 29.7 Å². The Morgan fingerprint density at radius 2 is 1.32 bits per heavy atom. The summed E-state index contributed by atoms with van der Waals surface area (Å²) in [5.74, 6) is 0. The highest BCUT2D eigenvalue weighted by Gasteiger charge is 2.23. The number of anilines is 1. The zero-order valence-electron chi connectivity index (χ0n) is 19.2. The molecule has 0 saturated carbocycles. The summed E-state index contributed by atoms with van der Waals surface area (Å²) in [6.07, 6.45) is 0. The summed E-state index contributed by atoms with van der Waals surface area (Å²) in [5, 5.41) is 1.06. The van der Waals surface area contributed by atoms with E-state index in [-0.39, 0.29) is 17.8 Å². The summed E-state index contributed by atoms with van der Waals surface area (Å²) in [5.41, 5.74) is 2.64. The van der Waals surface area contributed by atoms with E-state index >= 15 is 0 Å². The van der Waals surface area contributed by atoms with Gasteiger partial charge in [0.1, 0.15) is 0 Å². The highest BCUT2D eigenvalue weighted by Crippen LogP contribution is 2.29. The number of halogens is 1. The summed E-state index contributed by atoms with van der Waals surface area (Å²) < 4.78 is 3.04. The second kappa shape index (κ2) is 9.49. The largest absolute Gasteiger partial charge is 0.368 e. The predicted octanol–water partition coefficient (Wildman–Crippen LogP) is 3.67. The monoisotopic (exact) mass is 474 g/mol. The molecule has 0 N–H and O–H groups in total. The number of nitrogens with zero attached hydrogens (tertiary/aromatic N) is 4. The second-order valence-electron chi connectivity index (χ2n) is 8.84. The van der Waals surface area contributed by atoms with Crippen LogP contribution in [0.2, 0.25) is 5.02 Å². The third-order valence-corrected chi connectivity index (χ3v) is 6.70. The van der Waals surface area contributed by atoms with Crippen LogP contribution in [0.15, 0.2) is 82.4 Å². The van der Waals surface area contributed by atoms with Crippen LogP contribution in [-0.4, -0.2) is 47.3 Å². The van der Waals surface area contributed by atoms with Gasteiger partial charge in [-0.05, 0) is 30.3 Å². The van der Waals surface area contributed by atoms with Crippen molar-refractivity contribution in [2.24, 2.45) is 0 Å². The number of benzene rings is 3. The van der Waals surface area contributed by atoms with E-state index in [9.17, 15) is 9.59 Å². The van der Waals surface area contributed by atoms with Crippen molar-refractivity contribution in [2.75, 3.05) is 38.1 Å². The standard InChI is InChI=1S/C27H27ClN4O2/c1-29-12-14-30(15-13-29)23-16-22(28)17-24-25(23)26(33)32(19-21-10-6-3-7-11-21)27(34)31(24)18-20-8-4-2-5-9-20/h2-11,16-17H,12-15,18-19H2,1H3. The van der Waals surface area contributed by atoms with Gasteiger partial charge in [-0.15, -0.1) is 0 Å². The Bertz CT molecular complexity index is 1420. The van der Waals surface area contributed by atoms with Crippen molar-refractivity contribution in [2.45, 2.75) is 13.1 Å². The number of piperazine rings is 1. The maximum absolute atomic E-state index is 13.9. The van der Waals surface area contributed by atoms with Crippen molar-refractivity contribution in [1.29, 1.82) is 0 Å². The summed E-state index contributed by atoms with van der Waals surface area (Å²) >= 11 is 6.56. The minimum Gasteiger partial charge on any atom is -0.368 e. The van der Waals surface area contributed by atoms with Gasteiger partial charge in [0.15, 0.2) is 0 Å². The molecule has 1 saturated heterocycles. The maximum atomic E-state index is 13.9. The van der Waals surface area contributed by atoms with Crippen LogP contribution in [0.4, 0.5) is 5.69 Å². The number of aromatic nitrogens is 2. The summed E-state index contributed by atoms with van der Waals surface area (Å²) in [6, 6.07) is 23.0. The first kappa shape index (κ1) is 22.4. The summed E-state index contributed by atoms with van der Waals surface area (Å²) in [7, 11) is 2.10. The van der Waals surface area contributed by atoms with Crippen molar-refractivity contribution in [3.8, 4) is 0 Å². The Morgan fingerprint density at radius 3 is 1.91 bits per heavy atom. The normalized spacial score (nSPS) is 14.6. The molecule has 0 amide bonds. The highest BCUT2D eigenvalue weighted by atomic mass is 35.5. The molecule has 6 nitrogen and oxygen atoms in total. The molecule has 1 aliphatic heterocycles. The van der Waals surface area contributed by atoms with Gasteiger partial charge in [0.2, 0.25) is 0 Å². The van der Waals surface area contributed by atoms with Gasteiger partial charge in [-0.2, -0.15) is 0 Å². The van der Waals surface area contributed by atoms with Gasteiger partial charge in [-0.1, -0.05) is 72.3 Å². The Kier molecular flexibility index (Phi) is 6.26. The van der Waals surface area contributed by atoms with E-state index in [0.29, 0.717) is 22.5 Å². The molecule has 4 aromatic rings. The van der Waals surface area contributed by atoms with Crippen molar-refractivity contribution in [3.63, 3.8) is 0 Å². The number of hydrogen-bond acceptors (Lipinski definition) is 4. The molecule has 1 aliphatic rings. The molecule has 0 unspecified atom stereocenters. The maximum Gasteiger partial charge on any atom is 0.332 e. The quantitative estimate of drug-likeness (QED) is 0.443. The molecule has 0 bridgehead atoms. The van der Waals surface area contributed by atoms with Gasteiger partial charge in [0.25, 0.3) is 5.56 Å². The number of likely N-dealkylation sites (N-methyl/N-ethyl adjacent to an activating group) is 1. The van der Waals surface area contributed by atoms with Crippen LogP contribution >= 0.6 is 11.6 Å². The third-order valence-electron chi connectivity index (χ3n) is 6.48. The van der Waals surface area contributed by atoms with Gasteiger partial charge >= 0.3 is 5.69 Å². The van der Waals surface area contributed by atoms with E-state index in [0.717, 1.165) is 43.0 Å². The Morgan fingerprint density at radius 1 is 0.765 bits per heavy atom. The van der Waals surface area contributed by atoms with Crippen LogP contribution in [0.5, 0.6) is 0 Å². The highest BCUT2D eigenvalue weighted by molar-refractivity contribution is 6.31. The molecule has 34 heavy (non-hydrogen) atoms. The smallest absolute Gasteiger partial charge is 0.332 e. The average Bonchev–Trinajstić information content (AvgIpc) is 2.85. The lowest BCUT2D eigenvalue weighted by Gasteiger charge is -2.34. The van der Waals surface area contributed by atoms with Crippen LogP contribution in [0.1, 0.15) is 11.1 Å². The fourth-order valence-corrected chi connectivity index (χ4v) is 4.81. The molecule has 7 heteroatoms. The fourth-order valence-electron chi connectivity index (χ4n) is 4.60. The SMILES string of the molecule is CN1CCN(c2cc(Cl)cc3c2c(=O)n(Cc2ccccc2)c(=O)n3Cc2ccccc2)CC1. The molecule has 3 aromatic carbocycles. The minimum atomic E-state index is -0.336. The van der Waals surface area contributed by atoms with Crippen LogP contribution in [0.3, 0.4) is 0 Å². The van der Waals surface area contributed by atoms with E-state index < -0.39 is 0 Å². The Hall–Kier alpha value is -3.35. The molecule has 0 spiro atoms. The van der Waals surface area contributed by atoms with Crippen LogP contribution in [0, 0.1) is 0 Å². The molecule has 1 aromatic heterocycles. The number of fused-ring (bicyclic) bond motifs is 1. The van der Waals surface area contributed by atoms with Crippen LogP contribution < -0.4 is 16.1 Å². The van der Waals surface area contributed by atoms with E-state index in [4.69, 9.17) is 11.6 Å². The summed E-state index contributed by atoms with van der Waals surface area (Å²) in [4.78, 5) is 32.1. The minimum absolute atomic E-state index is 0.216. The first-order valence-corrected chi connectivity index (χ1v) is 11.9. The second-order valence-corrected chi connectivity index (χ2v) is 9.28. The molecular formula is C27H27ClN4O2. The first-order valence-electron chi connectivity index (χ1n) is 11.5. The van der Waals surface area contributed by atoms with Crippen molar-refractivity contribution < 1.29 is 0 Å². The Balaban J connectivity index is 1.76. The average molecular weight is 475 g/mol. The van der Waals surface area contributed by atoms with E-state index in [1.807, 2.05) is 66.7 Å². The lowest BCUT2D eigenvalue weighted by Crippen LogP contribution is -2.46. The lowest BCUT2D eigenvalue weighted by molar-refractivity contribution is 0.313. The molecule has 0 atom stereocenters. The van der Waals surface area contributed by atoms with Crippen molar-refractivity contribution in [3.05, 3.63) is 110 Å². The molecule has 1 fully saturated rings. The van der Waals surface area contributed by atoms with Crippen molar-refractivity contribution in [1.82, 2.24) is 14.0 Å². The molecule has 0 aliphatic carbocycles. The zero-order valence-corrected chi connectivity index (χ0v) is 19.9. The van der Waals surface area contributed by atoms with Crippen LogP contribution in [-0.2, 0) is 13.1 Å². The third kappa shape index (κ3) is 4.39. The first-order chi connectivity index (χ1) is 16.5. The molecule has 2 heterocycles. The van der Waals surface area contributed by atoms with Gasteiger partial charge in [0, 0.05) is 31.2 Å². The molecule has 0 radical (unpaired) electrons. The predicted molar refractivity (Wildman–Crippen MR) is 138 cm³/mol. The number of hydrogen-bond donors (Lipinski definition) is 0. The zero-order chi connectivity index (χ0) is 23.7. The lowest BCUT2D eigenvalue weighted by atomic mass is 10.1. The molecule has 5 rings (SSSR count). The van der Waals surface area contributed by atoms with E-state index in [2.05, 4.69) is 16.8 Å². The molecular weight excluding hydrogens is 448 g/mol. The fraction of sp³-hybridized carbons (Fsp3) is 0.259. The number of rotatable bonds is 5. The van der Waals surface area contributed by atoms with Crippen molar-refractivity contribution >= 4 is 28.2 Å². The molecule has 174 valence electrons.